The molecule has 2 nitrogen and oxygen atoms in total. The second kappa shape index (κ2) is 3.83. The van der Waals surface area contributed by atoms with Gasteiger partial charge in [0, 0.05) is 6.08 Å². The van der Waals surface area contributed by atoms with Crippen LogP contribution in [0.4, 0.5) is 0 Å². The Labute approximate surface area is 104 Å². The second-order valence-corrected chi connectivity index (χ2v) is 6.31. The minimum atomic E-state index is -1.63. The number of ether oxygens (including phenoxy) is 1. The van der Waals surface area contributed by atoms with E-state index in [-0.39, 0.29) is 11.5 Å². The number of alkyl halides is 3. The Balaban J connectivity index is 2.19. The molecule has 15 heavy (non-hydrogen) atoms. The van der Waals surface area contributed by atoms with E-state index >= 15 is 0 Å². The molecule has 84 valence electrons. The molecule has 0 saturated heterocycles. The van der Waals surface area contributed by atoms with Gasteiger partial charge in [0.1, 0.15) is 0 Å². The minimum Gasteiger partial charge on any atom is -0.479 e. The number of halogens is 3. The molecule has 0 N–H and O–H groups in total. The SMILES string of the molecule is O=C1C=C(C(Cl)(Cl)Cl)OC12CCCCC2. The van der Waals surface area contributed by atoms with Crippen molar-refractivity contribution in [2.45, 2.75) is 41.5 Å². The third-order valence-electron chi connectivity index (χ3n) is 2.96. The molecule has 2 aliphatic rings. The molecular weight excluding hydrogens is 258 g/mol. The van der Waals surface area contributed by atoms with Gasteiger partial charge in [0.15, 0.2) is 11.4 Å². The van der Waals surface area contributed by atoms with Crippen molar-refractivity contribution >= 4 is 40.6 Å². The first kappa shape index (κ1) is 11.6. The number of hydrogen-bond acceptors (Lipinski definition) is 2. The van der Waals surface area contributed by atoms with E-state index < -0.39 is 9.39 Å². The van der Waals surface area contributed by atoms with Crippen LogP contribution in [0.25, 0.3) is 0 Å². The summed E-state index contributed by atoms with van der Waals surface area (Å²) in [6.07, 6.45) is 5.92. The van der Waals surface area contributed by atoms with Crippen LogP contribution in [0, 0.1) is 0 Å². The summed E-state index contributed by atoms with van der Waals surface area (Å²) in [5.74, 6) is 0.114. The summed E-state index contributed by atoms with van der Waals surface area (Å²) in [7, 11) is 0. The number of allylic oxidation sites excluding steroid dienone is 1. The monoisotopic (exact) mass is 268 g/mol. The van der Waals surface area contributed by atoms with Gasteiger partial charge in [0.25, 0.3) is 0 Å². The van der Waals surface area contributed by atoms with Crippen LogP contribution in [0.3, 0.4) is 0 Å². The van der Waals surface area contributed by atoms with Crippen molar-refractivity contribution in [3.8, 4) is 0 Å². The van der Waals surface area contributed by atoms with Crippen molar-refractivity contribution in [2.75, 3.05) is 0 Å². The van der Waals surface area contributed by atoms with E-state index in [2.05, 4.69) is 0 Å². The Hall–Kier alpha value is 0.0800. The average Bonchev–Trinajstić information content (AvgIpc) is 2.45. The summed E-state index contributed by atoms with van der Waals surface area (Å²) < 4.78 is 3.95. The molecular formula is C10H11Cl3O2. The summed E-state index contributed by atoms with van der Waals surface area (Å²) in [6, 6.07) is 0. The Kier molecular flexibility index (Phi) is 2.95. The van der Waals surface area contributed by atoms with E-state index in [1.165, 1.54) is 6.08 Å². The van der Waals surface area contributed by atoms with Crippen molar-refractivity contribution in [1.29, 1.82) is 0 Å². The zero-order valence-electron chi connectivity index (χ0n) is 8.06. The Morgan fingerprint density at radius 3 is 2.27 bits per heavy atom. The van der Waals surface area contributed by atoms with Crippen molar-refractivity contribution in [3.63, 3.8) is 0 Å². The van der Waals surface area contributed by atoms with Crippen molar-refractivity contribution < 1.29 is 9.53 Å². The fourth-order valence-electron chi connectivity index (χ4n) is 2.15. The fourth-order valence-corrected chi connectivity index (χ4v) is 2.43. The number of carbonyl (C=O) groups is 1. The fraction of sp³-hybridized carbons (Fsp3) is 0.700. The van der Waals surface area contributed by atoms with Crippen molar-refractivity contribution in [1.82, 2.24) is 0 Å². The number of rotatable bonds is 0. The van der Waals surface area contributed by atoms with Gasteiger partial charge < -0.3 is 4.74 Å². The van der Waals surface area contributed by atoms with Gasteiger partial charge >= 0.3 is 0 Å². The van der Waals surface area contributed by atoms with Crippen LogP contribution in [0.5, 0.6) is 0 Å². The van der Waals surface area contributed by atoms with Gasteiger partial charge in [-0.25, -0.2) is 0 Å². The topological polar surface area (TPSA) is 26.3 Å². The number of carbonyl (C=O) groups excluding carboxylic acids is 1. The first-order valence-corrected chi connectivity index (χ1v) is 6.10. The van der Waals surface area contributed by atoms with Crippen LogP contribution in [-0.4, -0.2) is 15.2 Å². The highest BCUT2D eigenvalue weighted by molar-refractivity contribution is 6.69. The summed E-state index contributed by atoms with van der Waals surface area (Å²) in [5.41, 5.74) is -0.725. The molecule has 5 heteroatoms. The van der Waals surface area contributed by atoms with Crippen LogP contribution in [0.15, 0.2) is 11.8 Å². The van der Waals surface area contributed by atoms with Gasteiger partial charge in [-0.2, -0.15) is 0 Å². The molecule has 0 unspecified atom stereocenters. The highest BCUT2D eigenvalue weighted by Crippen LogP contribution is 2.45. The molecule has 0 aromatic carbocycles. The molecule has 0 amide bonds. The molecule has 1 saturated carbocycles. The van der Waals surface area contributed by atoms with Crippen molar-refractivity contribution in [3.05, 3.63) is 11.8 Å². The maximum Gasteiger partial charge on any atom is 0.247 e. The first-order chi connectivity index (χ1) is 6.94. The first-order valence-electron chi connectivity index (χ1n) is 4.96. The third kappa shape index (κ3) is 2.13. The Morgan fingerprint density at radius 2 is 1.80 bits per heavy atom. The predicted octanol–water partition coefficient (Wildman–Crippen LogP) is 3.54. The number of hydrogen-bond donors (Lipinski definition) is 0. The van der Waals surface area contributed by atoms with Gasteiger partial charge in [0.2, 0.25) is 9.58 Å². The molecule has 0 atom stereocenters. The van der Waals surface area contributed by atoms with E-state index in [4.69, 9.17) is 39.5 Å². The van der Waals surface area contributed by atoms with Crippen LogP contribution in [0.2, 0.25) is 0 Å². The number of ketones is 1. The quantitative estimate of drug-likeness (QED) is 0.629. The molecule has 1 fully saturated rings. The summed E-state index contributed by atoms with van der Waals surface area (Å²) in [4.78, 5) is 11.8. The van der Waals surface area contributed by atoms with Crippen molar-refractivity contribution in [2.24, 2.45) is 0 Å². The van der Waals surface area contributed by atoms with Gasteiger partial charge in [-0.3, -0.25) is 4.79 Å². The summed E-state index contributed by atoms with van der Waals surface area (Å²) >= 11 is 17.1. The molecule has 1 aliphatic heterocycles. The minimum absolute atomic E-state index is 0.0523. The van der Waals surface area contributed by atoms with Crippen LogP contribution < -0.4 is 0 Å². The lowest BCUT2D eigenvalue weighted by Crippen LogP contribution is -2.39. The van der Waals surface area contributed by atoms with E-state index in [9.17, 15) is 4.79 Å². The van der Waals surface area contributed by atoms with Gasteiger partial charge in [-0.1, -0.05) is 41.2 Å². The molecule has 0 radical (unpaired) electrons. The Morgan fingerprint density at radius 1 is 1.20 bits per heavy atom. The predicted molar refractivity (Wildman–Crippen MR) is 60.3 cm³/mol. The summed E-state index contributed by atoms with van der Waals surface area (Å²) in [5, 5.41) is 0. The zero-order chi connectivity index (χ0) is 11.1. The molecule has 0 aromatic heterocycles. The van der Waals surface area contributed by atoms with Gasteiger partial charge in [-0.05, 0) is 25.7 Å². The smallest absolute Gasteiger partial charge is 0.247 e. The van der Waals surface area contributed by atoms with Crippen LogP contribution in [0.1, 0.15) is 32.1 Å². The third-order valence-corrected chi connectivity index (χ3v) is 3.52. The highest BCUT2D eigenvalue weighted by Gasteiger charge is 2.49. The largest absolute Gasteiger partial charge is 0.479 e. The van der Waals surface area contributed by atoms with E-state index in [1.807, 2.05) is 0 Å². The van der Waals surface area contributed by atoms with Crippen LogP contribution in [-0.2, 0) is 9.53 Å². The normalized spacial score (nSPS) is 25.3. The van der Waals surface area contributed by atoms with Gasteiger partial charge in [-0.15, -0.1) is 0 Å². The maximum atomic E-state index is 11.8. The maximum absolute atomic E-state index is 11.8. The standard InChI is InChI=1S/C10H11Cl3O2/c11-10(12,13)8-6-7(14)9(15-8)4-2-1-3-5-9/h6H,1-5H2. The van der Waals surface area contributed by atoms with E-state index in [0.717, 1.165) is 32.1 Å². The molecule has 2 rings (SSSR count). The molecule has 1 heterocycles. The zero-order valence-corrected chi connectivity index (χ0v) is 10.3. The lowest BCUT2D eigenvalue weighted by atomic mass is 9.82. The summed E-state index contributed by atoms with van der Waals surface area (Å²) in [6.45, 7) is 0. The lowest BCUT2D eigenvalue weighted by molar-refractivity contribution is -0.133. The molecule has 0 aromatic rings. The van der Waals surface area contributed by atoms with Gasteiger partial charge in [0.05, 0.1) is 0 Å². The highest BCUT2D eigenvalue weighted by atomic mass is 35.6. The molecule has 1 aliphatic carbocycles. The van der Waals surface area contributed by atoms with E-state index in [1.54, 1.807) is 0 Å². The molecule has 1 spiro atoms. The lowest BCUT2D eigenvalue weighted by Gasteiger charge is -2.32. The van der Waals surface area contributed by atoms with Crippen LogP contribution >= 0.6 is 34.8 Å². The van der Waals surface area contributed by atoms with E-state index in [0.29, 0.717) is 0 Å². The molecule has 0 bridgehead atoms. The Bertz CT molecular complexity index is 311. The average molecular weight is 270 g/mol. The second-order valence-electron chi connectivity index (χ2n) is 4.03.